The van der Waals surface area contributed by atoms with Crippen LogP contribution in [0.25, 0.3) is 0 Å². The molecule has 0 radical (unpaired) electrons. The highest BCUT2D eigenvalue weighted by molar-refractivity contribution is 7.80. The van der Waals surface area contributed by atoms with Crippen LogP contribution in [0.4, 0.5) is 0 Å². The van der Waals surface area contributed by atoms with Crippen molar-refractivity contribution in [3.8, 4) is 0 Å². The Morgan fingerprint density at radius 2 is 1.87 bits per heavy atom. The largest absolute Gasteiger partial charge is 0.381 e. The molecule has 0 atom stereocenters. The molecule has 2 heteroatoms. The van der Waals surface area contributed by atoms with E-state index in [9.17, 15) is 0 Å². The maximum Gasteiger partial charge on any atom is 0.0530 e. The van der Waals surface area contributed by atoms with Crippen molar-refractivity contribution in [3.63, 3.8) is 0 Å². The zero-order valence-electron chi connectivity index (χ0n) is 9.71. The Hall–Kier alpha value is 0.310. The molecule has 2 rings (SSSR count). The fourth-order valence-corrected chi connectivity index (χ4v) is 3.00. The van der Waals surface area contributed by atoms with E-state index in [4.69, 9.17) is 4.74 Å². The number of hydrogen-bond donors (Lipinski definition) is 1. The molecule has 0 aliphatic heterocycles. The highest BCUT2D eigenvalue weighted by Crippen LogP contribution is 2.38. The molecule has 0 aromatic heterocycles. The van der Waals surface area contributed by atoms with E-state index in [1.807, 2.05) is 0 Å². The van der Waals surface area contributed by atoms with E-state index in [1.54, 1.807) is 0 Å². The van der Waals surface area contributed by atoms with Crippen LogP contribution in [0, 0.1) is 11.3 Å². The molecule has 2 aliphatic rings. The van der Waals surface area contributed by atoms with Crippen molar-refractivity contribution in [2.45, 2.75) is 51.4 Å². The predicted molar refractivity (Wildman–Crippen MR) is 67.5 cm³/mol. The summed E-state index contributed by atoms with van der Waals surface area (Å²) in [7, 11) is 0. The number of thiol groups is 1. The summed E-state index contributed by atoms with van der Waals surface area (Å²) in [6.07, 6.45) is 11.0. The zero-order valence-corrected chi connectivity index (χ0v) is 10.6. The smallest absolute Gasteiger partial charge is 0.0530 e. The van der Waals surface area contributed by atoms with E-state index in [0.717, 1.165) is 24.9 Å². The summed E-state index contributed by atoms with van der Waals surface area (Å²) < 4.78 is 5.87. The second kappa shape index (κ2) is 5.58. The maximum absolute atomic E-state index is 5.87. The van der Waals surface area contributed by atoms with Gasteiger partial charge >= 0.3 is 0 Å². The van der Waals surface area contributed by atoms with Crippen LogP contribution in [0.5, 0.6) is 0 Å². The molecule has 15 heavy (non-hydrogen) atoms. The van der Waals surface area contributed by atoms with Gasteiger partial charge in [-0.3, -0.25) is 0 Å². The van der Waals surface area contributed by atoms with Crippen molar-refractivity contribution >= 4 is 12.6 Å². The highest BCUT2D eigenvalue weighted by Gasteiger charge is 2.31. The standard InChI is InChI=1S/C13H24OS/c15-11-13(7-2-1-3-8-13)10-14-9-6-12-4-5-12/h12,15H,1-11H2. The number of rotatable bonds is 6. The Balaban J connectivity index is 1.64. The highest BCUT2D eigenvalue weighted by atomic mass is 32.1. The average molecular weight is 228 g/mol. The van der Waals surface area contributed by atoms with Crippen LogP contribution in [0.3, 0.4) is 0 Å². The molecule has 1 nitrogen and oxygen atoms in total. The summed E-state index contributed by atoms with van der Waals surface area (Å²) in [4.78, 5) is 0. The van der Waals surface area contributed by atoms with E-state index in [1.165, 1.54) is 51.4 Å². The Kier molecular flexibility index (Phi) is 4.39. The summed E-state index contributed by atoms with van der Waals surface area (Å²) in [6, 6.07) is 0. The van der Waals surface area contributed by atoms with Crippen molar-refractivity contribution in [1.29, 1.82) is 0 Å². The minimum atomic E-state index is 0.422. The molecule has 0 N–H and O–H groups in total. The average Bonchev–Trinajstić information content (AvgIpc) is 3.10. The molecule has 2 fully saturated rings. The van der Waals surface area contributed by atoms with Gasteiger partial charge in [-0.2, -0.15) is 12.6 Å². The Labute approximate surface area is 99.4 Å². The minimum Gasteiger partial charge on any atom is -0.381 e. The van der Waals surface area contributed by atoms with Gasteiger partial charge in [0.2, 0.25) is 0 Å². The van der Waals surface area contributed by atoms with Gasteiger partial charge in [0.15, 0.2) is 0 Å². The Morgan fingerprint density at radius 3 is 2.47 bits per heavy atom. The first-order chi connectivity index (χ1) is 7.35. The van der Waals surface area contributed by atoms with Gasteiger partial charge in [0.1, 0.15) is 0 Å². The molecule has 0 spiro atoms. The van der Waals surface area contributed by atoms with Crippen LogP contribution < -0.4 is 0 Å². The summed E-state index contributed by atoms with van der Waals surface area (Å²) in [6.45, 7) is 1.95. The van der Waals surface area contributed by atoms with Crippen molar-refractivity contribution < 1.29 is 4.74 Å². The fourth-order valence-electron chi connectivity index (χ4n) is 2.60. The minimum absolute atomic E-state index is 0.422. The van der Waals surface area contributed by atoms with Gasteiger partial charge < -0.3 is 4.74 Å². The first kappa shape index (κ1) is 11.8. The molecule has 0 amide bonds. The molecule has 88 valence electrons. The quantitative estimate of drug-likeness (QED) is 0.539. The first-order valence-corrected chi connectivity index (χ1v) is 7.16. The normalized spacial score (nSPS) is 25.4. The van der Waals surface area contributed by atoms with Crippen LogP contribution >= 0.6 is 12.6 Å². The lowest BCUT2D eigenvalue weighted by Crippen LogP contribution is -2.31. The summed E-state index contributed by atoms with van der Waals surface area (Å²) in [5, 5.41) is 0. The van der Waals surface area contributed by atoms with Crippen LogP contribution in [-0.4, -0.2) is 19.0 Å². The van der Waals surface area contributed by atoms with Gasteiger partial charge in [0.05, 0.1) is 6.61 Å². The lowest BCUT2D eigenvalue weighted by molar-refractivity contribution is 0.0318. The summed E-state index contributed by atoms with van der Waals surface area (Å²) in [5.41, 5.74) is 0.422. The number of hydrogen-bond acceptors (Lipinski definition) is 2. The third-order valence-corrected chi connectivity index (χ3v) is 4.70. The third kappa shape index (κ3) is 3.67. The van der Waals surface area contributed by atoms with E-state index in [2.05, 4.69) is 12.6 Å². The molecular formula is C13H24OS. The molecule has 0 heterocycles. The van der Waals surface area contributed by atoms with Crippen LogP contribution in [0.1, 0.15) is 51.4 Å². The van der Waals surface area contributed by atoms with Gasteiger partial charge in [0.25, 0.3) is 0 Å². The molecule has 0 unspecified atom stereocenters. The lowest BCUT2D eigenvalue weighted by atomic mass is 9.76. The van der Waals surface area contributed by atoms with Crippen molar-refractivity contribution in [1.82, 2.24) is 0 Å². The molecule has 0 aromatic rings. The molecule has 2 saturated carbocycles. The van der Waals surface area contributed by atoms with Crippen molar-refractivity contribution in [2.24, 2.45) is 11.3 Å². The number of ether oxygens (including phenoxy) is 1. The molecule has 2 aliphatic carbocycles. The van der Waals surface area contributed by atoms with Gasteiger partial charge in [0, 0.05) is 12.0 Å². The summed E-state index contributed by atoms with van der Waals surface area (Å²) in [5.74, 6) is 2.01. The lowest BCUT2D eigenvalue weighted by Gasteiger charge is -2.35. The Morgan fingerprint density at radius 1 is 1.13 bits per heavy atom. The summed E-state index contributed by atoms with van der Waals surface area (Å²) >= 11 is 4.52. The van der Waals surface area contributed by atoms with Gasteiger partial charge in [-0.1, -0.05) is 32.1 Å². The molecule has 0 saturated heterocycles. The zero-order chi connectivity index (χ0) is 10.6. The van der Waals surface area contributed by atoms with E-state index >= 15 is 0 Å². The van der Waals surface area contributed by atoms with Gasteiger partial charge in [-0.15, -0.1) is 0 Å². The SMILES string of the molecule is SCC1(COCCC2CC2)CCCCC1. The van der Waals surface area contributed by atoms with Gasteiger partial charge in [-0.05, 0) is 30.9 Å². The third-order valence-electron chi connectivity index (χ3n) is 4.03. The van der Waals surface area contributed by atoms with Crippen molar-refractivity contribution in [3.05, 3.63) is 0 Å². The molecule has 0 bridgehead atoms. The predicted octanol–water partition coefficient (Wildman–Crippen LogP) is 3.68. The van der Waals surface area contributed by atoms with Gasteiger partial charge in [-0.25, -0.2) is 0 Å². The molecular weight excluding hydrogens is 204 g/mol. The topological polar surface area (TPSA) is 9.23 Å². The van der Waals surface area contributed by atoms with Crippen LogP contribution in [-0.2, 0) is 4.74 Å². The van der Waals surface area contributed by atoms with Crippen molar-refractivity contribution in [2.75, 3.05) is 19.0 Å². The molecule has 0 aromatic carbocycles. The second-order valence-corrected chi connectivity index (χ2v) is 5.82. The van der Waals surface area contributed by atoms with Crippen LogP contribution in [0.15, 0.2) is 0 Å². The van der Waals surface area contributed by atoms with E-state index in [-0.39, 0.29) is 0 Å². The maximum atomic E-state index is 5.87. The van der Waals surface area contributed by atoms with E-state index in [0.29, 0.717) is 5.41 Å². The second-order valence-electron chi connectivity index (χ2n) is 5.50. The Bertz CT molecular complexity index is 183. The fraction of sp³-hybridized carbons (Fsp3) is 1.00. The van der Waals surface area contributed by atoms with E-state index < -0.39 is 0 Å². The van der Waals surface area contributed by atoms with Crippen LogP contribution in [0.2, 0.25) is 0 Å². The monoisotopic (exact) mass is 228 g/mol. The first-order valence-electron chi connectivity index (χ1n) is 6.53.